The van der Waals surface area contributed by atoms with Gasteiger partial charge in [-0.25, -0.2) is 4.79 Å². The number of hydrogen-bond donors (Lipinski definition) is 2. The number of primary amides is 1. The van der Waals surface area contributed by atoms with E-state index in [-0.39, 0.29) is 27.9 Å². The van der Waals surface area contributed by atoms with Gasteiger partial charge >= 0.3 is 5.97 Å². The smallest absolute Gasteiger partial charge is 0.336 e. The molecule has 0 aliphatic heterocycles. The topological polar surface area (TPSA) is 80.4 Å². The predicted octanol–water partition coefficient (Wildman–Crippen LogP) is 4.67. The van der Waals surface area contributed by atoms with Gasteiger partial charge in [0.05, 0.1) is 11.1 Å². The van der Waals surface area contributed by atoms with Crippen molar-refractivity contribution in [2.45, 2.75) is 52.9 Å². The van der Waals surface area contributed by atoms with E-state index >= 15 is 0 Å². The van der Waals surface area contributed by atoms with Gasteiger partial charge in [0.2, 0.25) is 5.91 Å². The third-order valence-electron chi connectivity index (χ3n) is 6.04. The lowest BCUT2D eigenvalue weighted by atomic mass is 9.61. The van der Waals surface area contributed by atoms with Gasteiger partial charge in [-0.05, 0) is 36.8 Å². The van der Waals surface area contributed by atoms with E-state index < -0.39 is 11.9 Å². The van der Waals surface area contributed by atoms with Gasteiger partial charge in [0.15, 0.2) is 0 Å². The molecular weight excluding hydrogens is 326 g/mol. The summed E-state index contributed by atoms with van der Waals surface area (Å²) in [7, 11) is 0. The molecule has 0 aromatic heterocycles. The van der Waals surface area contributed by atoms with Crippen molar-refractivity contribution >= 4 is 11.9 Å². The van der Waals surface area contributed by atoms with Crippen LogP contribution >= 0.6 is 0 Å². The Morgan fingerprint density at radius 2 is 1.69 bits per heavy atom. The molecule has 2 aliphatic carbocycles. The second-order valence-corrected chi connectivity index (χ2v) is 8.61. The predicted molar refractivity (Wildman–Crippen MR) is 102 cm³/mol. The summed E-state index contributed by atoms with van der Waals surface area (Å²) in [5.74, 6) is -1.67. The lowest BCUT2D eigenvalue weighted by Crippen LogP contribution is -2.31. The summed E-state index contributed by atoms with van der Waals surface area (Å²) in [5, 5.41) is 9.45. The molecule has 0 fully saturated rings. The van der Waals surface area contributed by atoms with Crippen molar-refractivity contribution in [2.75, 3.05) is 0 Å². The molecule has 3 N–H and O–H groups in total. The van der Waals surface area contributed by atoms with Crippen LogP contribution in [-0.4, -0.2) is 17.0 Å². The maximum absolute atomic E-state index is 12.0. The number of hydrogen-bond acceptors (Lipinski definition) is 2. The number of aromatic carboxylic acids is 1. The summed E-state index contributed by atoms with van der Waals surface area (Å²) in [4.78, 5) is 23.6. The molecule has 0 saturated heterocycles. The molecule has 4 heteroatoms. The van der Waals surface area contributed by atoms with Crippen LogP contribution < -0.4 is 5.73 Å². The van der Waals surface area contributed by atoms with Gasteiger partial charge in [0, 0.05) is 10.8 Å². The Bertz CT molecular complexity index is 843. The SMILES string of the molecule is CC1(C)C=CC(C)(C)C2=C1CCC(c1cccc(C(=O)O)c1C(N)=O)C2. The Morgan fingerprint density at radius 1 is 1.08 bits per heavy atom. The number of amides is 1. The number of carbonyl (C=O) groups excluding carboxylic acids is 1. The Labute approximate surface area is 154 Å². The maximum atomic E-state index is 12.0. The molecular formula is C22H27NO3. The van der Waals surface area contributed by atoms with E-state index in [2.05, 4.69) is 39.8 Å². The summed E-state index contributed by atoms with van der Waals surface area (Å²) < 4.78 is 0. The fourth-order valence-electron chi connectivity index (χ4n) is 4.55. The lowest BCUT2D eigenvalue weighted by molar-refractivity contribution is 0.0691. The van der Waals surface area contributed by atoms with Crippen LogP contribution in [0.1, 0.15) is 79.2 Å². The lowest BCUT2D eigenvalue weighted by Gasteiger charge is -2.44. The van der Waals surface area contributed by atoms with Crippen molar-refractivity contribution in [3.05, 3.63) is 58.2 Å². The van der Waals surface area contributed by atoms with Crippen molar-refractivity contribution < 1.29 is 14.7 Å². The van der Waals surface area contributed by atoms with Gasteiger partial charge in [-0.2, -0.15) is 0 Å². The molecule has 26 heavy (non-hydrogen) atoms. The summed E-state index contributed by atoms with van der Waals surface area (Å²) >= 11 is 0. The quantitative estimate of drug-likeness (QED) is 0.775. The number of rotatable bonds is 3. The average Bonchev–Trinajstić information content (AvgIpc) is 2.58. The number of carboxylic acid groups (broad SMARTS) is 1. The fourth-order valence-corrected chi connectivity index (χ4v) is 4.55. The number of carboxylic acids is 1. The Balaban J connectivity index is 2.07. The van der Waals surface area contributed by atoms with Crippen molar-refractivity contribution in [3.8, 4) is 0 Å². The van der Waals surface area contributed by atoms with Crippen LogP contribution in [0.25, 0.3) is 0 Å². The molecule has 138 valence electrons. The first-order valence-corrected chi connectivity index (χ1v) is 9.14. The molecule has 4 nitrogen and oxygen atoms in total. The molecule has 0 spiro atoms. The fraction of sp³-hybridized carbons (Fsp3) is 0.455. The molecule has 1 unspecified atom stereocenters. The summed E-state index contributed by atoms with van der Waals surface area (Å²) in [6.07, 6.45) is 7.26. The number of benzene rings is 1. The number of nitrogens with two attached hydrogens (primary N) is 1. The van der Waals surface area contributed by atoms with Gasteiger partial charge in [-0.1, -0.05) is 63.1 Å². The second kappa shape index (κ2) is 6.11. The van der Waals surface area contributed by atoms with E-state index in [1.807, 2.05) is 6.07 Å². The van der Waals surface area contributed by atoms with Crippen molar-refractivity contribution in [1.82, 2.24) is 0 Å². The van der Waals surface area contributed by atoms with E-state index in [1.54, 1.807) is 6.07 Å². The van der Waals surface area contributed by atoms with Gasteiger partial charge in [0.25, 0.3) is 0 Å². The van der Waals surface area contributed by atoms with Gasteiger partial charge in [-0.3, -0.25) is 4.79 Å². The first-order chi connectivity index (χ1) is 12.0. The zero-order chi connectivity index (χ0) is 19.3. The third-order valence-corrected chi connectivity index (χ3v) is 6.04. The zero-order valence-electron chi connectivity index (χ0n) is 15.9. The van der Waals surface area contributed by atoms with Gasteiger partial charge in [0.1, 0.15) is 0 Å². The Hall–Kier alpha value is -2.36. The first-order valence-electron chi connectivity index (χ1n) is 9.14. The Morgan fingerprint density at radius 3 is 2.27 bits per heavy atom. The molecule has 0 heterocycles. The molecule has 0 radical (unpaired) electrons. The molecule has 0 bridgehead atoms. The molecule has 1 aromatic rings. The third kappa shape index (κ3) is 2.98. The van der Waals surface area contributed by atoms with Crippen LogP contribution in [0.3, 0.4) is 0 Å². The van der Waals surface area contributed by atoms with Crippen LogP contribution in [0.15, 0.2) is 41.5 Å². The van der Waals surface area contributed by atoms with Crippen LogP contribution in [0, 0.1) is 10.8 Å². The van der Waals surface area contributed by atoms with Crippen LogP contribution in [0.2, 0.25) is 0 Å². The number of carbonyl (C=O) groups is 2. The normalized spacial score (nSPS) is 23.5. The van der Waals surface area contributed by atoms with Crippen LogP contribution in [-0.2, 0) is 0 Å². The van der Waals surface area contributed by atoms with E-state index in [0.29, 0.717) is 0 Å². The minimum Gasteiger partial charge on any atom is -0.478 e. The van der Waals surface area contributed by atoms with Crippen LogP contribution in [0.4, 0.5) is 0 Å². The average molecular weight is 353 g/mol. The molecule has 1 atom stereocenters. The van der Waals surface area contributed by atoms with Gasteiger partial charge in [-0.15, -0.1) is 0 Å². The summed E-state index contributed by atoms with van der Waals surface area (Å²) in [5.41, 5.74) is 9.41. The second-order valence-electron chi connectivity index (χ2n) is 8.61. The maximum Gasteiger partial charge on any atom is 0.336 e. The monoisotopic (exact) mass is 353 g/mol. The molecule has 0 saturated carbocycles. The molecule has 1 amide bonds. The van der Waals surface area contributed by atoms with E-state index in [0.717, 1.165) is 24.8 Å². The Kier molecular flexibility index (Phi) is 4.33. The molecule has 3 rings (SSSR count). The number of allylic oxidation sites excluding steroid dienone is 4. The first kappa shape index (κ1) is 18.4. The molecule has 1 aromatic carbocycles. The largest absolute Gasteiger partial charge is 0.478 e. The highest BCUT2D eigenvalue weighted by atomic mass is 16.4. The zero-order valence-corrected chi connectivity index (χ0v) is 15.9. The van der Waals surface area contributed by atoms with Crippen molar-refractivity contribution in [2.24, 2.45) is 16.6 Å². The summed E-state index contributed by atoms with van der Waals surface area (Å²) in [6, 6.07) is 5.03. The van der Waals surface area contributed by atoms with Crippen molar-refractivity contribution in [1.29, 1.82) is 0 Å². The highest BCUT2D eigenvalue weighted by molar-refractivity contribution is 6.05. The highest BCUT2D eigenvalue weighted by Gasteiger charge is 2.39. The molecule has 2 aliphatic rings. The van der Waals surface area contributed by atoms with Crippen molar-refractivity contribution in [3.63, 3.8) is 0 Å². The van der Waals surface area contributed by atoms with Gasteiger partial charge < -0.3 is 10.8 Å². The highest BCUT2D eigenvalue weighted by Crippen LogP contribution is 2.53. The van der Waals surface area contributed by atoms with Crippen LogP contribution in [0.5, 0.6) is 0 Å². The minimum atomic E-state index is -1.11. The van der Waals surface area contributed by atoms with E-state index in [9.17, 15) is 14.7 Å². The van der Waals surface area contributed by atoms with E-state index in [1.165, 1.54) is 17.2 Å². The standard InChI is InChI=1S/C22H27NO3/c1-21(2)10-11-22(3,4)17-12-13(8-9-16(17)21)14-6-5-7-15(20(25)26)18(14)19(23)24/h5-7,10-11,13H,8-9,12H2,1-4H3,(H2,23,24)(H,25,26). The summed E-state index contributed by atoms with van der Waals surface area (Å²) in [6.45, 7) is 8.93. The van der Waals surface area contributed by atoms with E-state index in [4.69, 9.17) is 5.73 Å². The minimum absolute atomic E-state index is 0.00194.